The summed E-state index contributed by atoms with van der Waals surface area (Å²) in [5.41, 5.74) is 1.91. The van der Waals surface area contributed by atoms with E-state index in [0.717, 1.165) is 38.3 Å². The van der Waals surface area contributed by atoms with Gasteiger partial charge in [0.15, 0.2) is 0 Å². The largest absolute Gasteiger partial charge is 0.387 e. The highest BCUT2D eigenvalue weighted by atomic mass is 16.3. The molecule has 0 radical (unpaired) electrons. The summed E-state index contributed by atoms with van der Waals surface area (Å²) in [6.45, 7) is 12.9. The molecular weight excluding hydrogens is 286 g/mol. The fraction of sp³-hybridized carbons (Fsp3) is 0.632. The van der Waals surface area contributed by atoms with E-state index in [1.54, 1.807) is 12.1 Å². The lowest BCUT2D eigenvalue weighted by Crippen LogP contribution is -2.48. The molecule has 1 heterocycles. The van der Waals surface area contributed by atoms with Gasteiger partial charge in [0.1, 0.15) is 0 Å². The summed E-state index contributed by atoms with van der Waals surface area (Å²) in [5.74, 6) is 0. The van der Waals surface area contributed by atoms with Crippen LogP contribution in [0.4, 0.5) is 0 Å². The molecule has 4 heteroatoms. The summed E-state index contributed by atoms with van der Waals surface area (Å²) < 4.78 is 0. The maximum atomic E-state index is 10.4. The van der Waals surface area contributed by atoms with Crippen molar-refractivity contribution in [2.75, 3.05) is 39.3 Å². The number of aliphatic hydroxyl groups is 1. The number of nitriles is 1. The van der Waals surface area contributed by atoms with Crippen LogP contribution in [-0.2, 0) is 0 Å². The second kappa shape index (κ2) is 7.92. The average Bonchev–Trinajstić information content (AvgIpc) is 2.53. The molecule has 1 aliphatic heterocycles. The highest BCUT2D eigenvalue weighted by Gasteiger charge is 2.21. The Kier molecular flexibility index (Phi) is 6.17. The zero-order valence-electron chi connectivity index (χ0n) is 14.6. The normalized spacial score (nSPS) is 18.6. The number of β-amino-alcohol motifs (C(OH)–C–C–N with tert-alkyl or cyclic N) is 1. The Morgan fingerprint density at radius 2 is 1.65 bits per heavy atom. The van der Waals surface area contributed by atoms with E-state index in [1.165, 1.54) is 6.42 Å². The van der Waals surface area contributed by atoms with Gasteiger partial charge < -0.3 is 10.0 Å². The molecule has 0 amide bonds. The van der Waals surface area contributed by atoms with Crippen molar-refractivity contribution in [3.05, 3.63) is 35.4 Å². The number of piperazine rings is 1. The van der Waals surface area contributed by atoms with Crippen LogP contribution >= 0.6 is 0 Å². The van der Waals surface area contributed by atoms with E-state index in [2.05, 4.69) is 36.6 Å². The summed E-state index contributed by atoms with van der Waals surface area (Å²) in [5, 5.41) is 19.2. The first-order valence-corrected chi connectivity index (χ1v) is 8.50. The first kappa shape index (κ1) is 17.9. The molecule has 1 atom stereocenters. The molecule has 1 N–H and O–H groups in total. The standard InChI is InChI=1S/C19H29N3O/c1-19(2,3)8-9-21-10-12-22(13-11-21)15-18(23)17-6-4-16(14-20)5-7-17/h4-7,18,23H,8-13,15H2,1-3H3. The maximum absolute atomic E-state index is 10.4. The van der Waals surface area contributed by atoms with Gasteiger partial charge in [-0.05, 0) is 36.1 Å². The van der Waals surface area contributed by atoms with E-state index >= 15 is 0 Å². The van der Waals surface area contributed by atoms with Crippen LogP contribution in [0.1, 0.15) is 44.4 Å². The molecule has 1 saturated heterocycles. The van der Waals surface area contributed by atoms with Gasteiger partial charge in [-0.25, -0.2) is 0 Å². The Morgan fingerprint density at radius 3 is 2.17 bits per heavy atom. The van der Waals surface area contributed by atoms with Crippen molar-refractivity contribution in [3.8, 4) is 6.07 Å². The maximum Gasteiger partial charge on any atom is 0.0991 e. The van der Waals surface area contributed by atoms with Crippen LogP contribution in [-0.4, -0.2) is 54.2 Å². The molecule has 23 heavy (non-hydrogen) atoms. The van der Waals surface area contributed by atoms with Crippen molar-refractivity contribution in [1.82, 2.24) is 9.80 Å². The van der Waals surface area contributed by atoms with Gasteiger partial charge in [0, 0.05) is 32.7 Å². The average molecular weight is 315 g/mol. The highest BCUT2D eigenvalue weighted by Crippen LogP contribution is 2.20. The Labute approximate surface area is 140 Å². The second-order valence-corrected chi connectivity index (χ2v) is 7.70. The number of benzene rings is 1. The van der Waals surface area contributed by atoms with Crippen LogP contribution in [0.2, 0.25) is 0 Å². The van der Waals surface area contributed by atoms with Gasteiger partial charge >= 0.3 is 0 Å². The van der Waals surface area contributed by atoms with Crippen molar-refractivity contribution in [3.63, 3.8) is 0 Å². The van der Waals surface area contributed by atoms with Gasteiger partial charge in [-0.1, -0.05) is 32.9 Å². The van der Waals surface area contributed by atoms with E-state index in [1.807, 2.05) is 12.1 Å². The number of rotatable bonds is 5. The molecule has 0 aliphatic carbocycles. The number of nitrogens with zero attached hydrogens (tertiary/aromatic N) is 3. The van der Waals surface area contributed by atoms with Crippen molar-refractivity contribution in [2.45, 2.75) is 33.3 Å². The van der Waals surface area contributed by atoms with Crippen molar-refractivity contribution in [2.24, 2.45) is 5.41 Å². The van der Waals surface area contributed by atoms with Gasteiger partial charge in [-0.15, -0.1) is 0 Å². The lowest BCUT2D eigenvalue weighted by Gasteiger charge is -2.36. The molecule has 1 fully saturated rings. The van der Waals surface area contributed by atoms with E-state index in [4.69, 9.17) is 5.26 Å². The third-order valence-electron chi connectivity index (χ3n) is 4.50. The third kappa shape index (κ3) is 5.95. The van der Waals surface area contributed by atoms with Gasteiger partial charge in [0.25, 0.3) is 0 Å². The molecule has 4 nitrogen and oxygen atoms in total. The molecule has 1 aromatic carbocycles. The zero-order valence-corrected chi connectivity index (χ0v) is 14.6. The van der Waals surface area contributed by atoms with Crippen LogP contribution in [0.5, 0.6) is 0 Å². The van der Waals surface area contributed by atoms with Gasteiger partial charge in [0.05, 0.1) is 17.7 Å². The lowest BCUT2D eigenvalue weighted by molar-refractivity contribution is 0.0689. The monoisotopic (exact) mass is 315 g/mol. The molecule has 1 aliphatic rings. The minimum absolute atomic E-state index is 0.392. The third-order valence-corrected chi connectivity index (χ3v) is 4.50. The second-order valence-electron chi connectivity index (χ2n) is 7.70. The van der Waals surface area contributed by atoms with Crippen LogP contribution in [0.15, 0.2) is 24.3 Å². The van der Waals surface area contributed by atoms with Crippen molar-refractivity contribution < 1.29 is 5.11 Å². The molecule has 1 aromatic rings. The predicted octanol–water partition coefficient (Wildman–Crippen LogP) is 2.65. The summed E-state index contributed by atoms with van der Waals surface area (Å²) >= 11 is 0. The fourth-order valence-electron chi connectivity index (χ4n) is 2.82. The highest BCUT2D eigenvalue weighted by molar-refractivity contribution is 5.32. The summed E-state index contributed by atoms with van der Waals surface area (Å²) in [7, 11) is 0. The summed E-state index contributed by atoms with van der Waals surface area (Å²) in [6.07, 6.45) is 0.741. The predicted molar refractivity (Wildman–Crippen MR) is 93.1 cm³/mol. The molecule has 126 valence electrons. The molecule has 2 rings (SSSR count). The number of aliphatic hydroxyl groups excluding tert-OH is 1. The Hall–Kier alpha value is -1.41. The minimum Gasteiger partial charge on any atom is -0.387 e. The number of hydrogen-bond acceptors (Lipinski definition) is 4. The molecule has 0 aromatic heterocycles. The van der Waals surface area contributed by atoms with Gasteiger partial charge in [-0.2, -0.15) is 5.26 Å². The van der Waals surface area contributed by atoms with Crippen LogP contribution < -0.4 is 0 Å². The SMILES string of the molecule is CC(C)(C)CCN1CCN(CC(O)c2ccc(C#N)cc2)CC1. The first-order chi connectivity index (χ1) is 10.9. The van der Waals surface area contributed by atoms with Gasteiger partial charge in [0.2, 0.25) is 0 Å². The molecule has 0 saturated carbocycles. The molecule has 1 unspecified atom stereocenters. The summed E-state index contributed by atoms with van der Waals surface area (Å²) in [6, 6.07) is 9.34. The number of hydrogen-bond donors (Lipinski definition) is 1. The topological polar surface area (TPSA) is 50.5 Å². The first-order valence-electron chi connectivity index (χ1n) is 8.50. The van der Waals surface area contributed by atoms with E-state index in [0.29, 0.717) is 17.5 Å². The van der Waals surface area contributed by atoms with Crippen LogP contribution in [0.25, 0.3) is 0 Å². The van der Waals surface area contributed by atoms with E-state index in [-0.39, 0.29) is 0 Å². The molecule has 0 spiro atoms. The smallest absolute Gasteiger partial charge is 0.0991 e. The lowest BCUT2D eigenvalue weighted by atomic mass is 9.92. The van der Waals surface area contributed by atoms with Crippen molar-refractivity contribution >= 4 is 0 Å². The Morgan fingerprint density at radius 1 is 1.09 bits per heavy atom. The van der Waals surface area contributed by atoms with Gasteiger partial charge in [-0.3, -0.25) is 4.90 Å². The molecular formula is C19H29N3O. The minimum atomic E-state index is -0.483. The van der Waals surface area contributed by atoms with Crippen LogP contribution in [0.3, 0.4) is 0 Å². The summed E-state index contributed by atoms with van der Waals surface area (Å²) in [4.78, 5) is 4.85. The fourth-order valence-corrected chi connectivity index (χ4v) is 2.82. The van der Waals surface area contributed by atoms with E-state index < -0.39 is 6.10 Å². The zero-order chi connectivity index (χ0) is 16.9. The van der Waals surface area contributed by atoms with Crippen LogP contribution in [0, 0.1) is 16.7 Å². The Balaban J connectivity index is 1.76. The van der Waals surface area contributed by atoms with Crippen molar-refractivity contribution in [1.29, 1.82) is 5.26 Å². The van der Waals surface area contributed by atoms with E-state index in [9.17, 15) is 5.11 Å². The quantitative estimate of drug-likeness (QED) is 0.907. The Bertz CT molecular complexity index is 519. The molecule has 0 bridgehead atoms.